The van der Waals surface area contributed by atoms with E-state index in [0.717, 1.165) is 35.9 Å². The van der Waals surface area contributed by atoms with Crippen molar-refractivity contribution >= 4 is 51.0 Å². The van der Waals surface area contributed by atoms with Gasteiger partial charge in [-0.05, 0) is 56.7 Å². The van der Waals surface area contributed by atoms with Gasteiger partial charge in [-0.2, -0.15) is 0 Å². The highest BCUT2D eigenvalue weighted by Crippen LogP contribution is 2.40. The van der Waals surface area contributed by atoms with E-state index in [2.05, 4.69) is 22.2 Å². The summed E-state index contributed by atoms with van der Waals surface area (Å²) >= 11 is 2.88. The number of fused-ring (bicyclic) bond motifs is 2. The van der Waals surface area contributed by atoms with Gasteiger partial charge >= 0.3 is 5.97 Å². The predicted molar refractivity (Wildman–Crippen MR) is 122 cm³/mol. The zero-order valence-corrected chi connectivity index (χ0v) is 18.9. The van der Waals surface area contributed by atoms with Crippen LogP contribution in [0.3, 0.4) is 0 Å². The largest absolute Gasteiger partial charge is 0.462 e. The number of thiophene rings is 1. The summed E-state index contributed by atoms with van der Waals surface area (Å²) < 4.78 is 5.29. The Bertz CT molecular complexity index is 1060. The monoisotopic (exact) mass is 443 g/mol. The molecule has 30 heavy (non-hydrogen) atoms. The lowest BCUT2D eigenvalue weighted by molar-refractivity contribution is -0.115. The van der Waals surface area contributed by atoms with E-state index in [1.807, 2.05) is 31.2 Å². The second-order valence-corrected chi connectivity index (χ2v) is 10.0. The van der Waals surface area contributed by atoms with Crippen molar-refractivity contribution in [1.29, 1.82) is 0 Å². The summed E-state index contributed by atoms with van der Waals surface area (Å²) in [5, 5.41) is 3.92. The molecule has 0 aliphatic heterocycles. The van der Waals surface area contributed by atoms with Crippen molar-refractivity contribution in [2.45, 2.75) is 50.4 Å². The number of amides is 1. The van der Waals surface area contributed by atoms with Crippen molar-refractivity contribution in [3.8, 4) is 0 Å². The highest BCUT2D eigenvalue weighted by molar-refractivity contribution is 8.00. The van der Waals surface area contributed by atoms with Crippen LogP contribution in [0.5, 0.6) is 0 Å². The molecule has 1 aliphatic carbocycles. The average molecular weight is 444 g/mol. The van der Waals surface area contributed by atoms with Crippen LogP contribution in [0.1, 0.15) is 48.0 Å². The van der Waals surface area contributed by atoms with Gasteiger partial charge in [0.15, 0.2) is 5.16 Å². The molecule has 1 aromatic carbocycles. The van der Waals surface area contributed by atoms with Gasteiger partial charge in [-0.25, -0.2) is 9.78 Å². The molecule has 0 saturated carbocycles. The summed E-state index contributed by atoms with van der Waals surface area (Å²) in [7, 11) is 0. The molecular weight excluding hydrogens is 418 g/mol. The normalized spacial score (nSPS) is 16.8. The van der Waals surface area contributed by atoms with Crippen molar-refractivity contribution < 1.29 is 14.3 Å². The van der Waals surface area contributed by atoms with E-state index in [9.17, 15) is 9.59 Å². The molecule has 3 aromatic rings. The molecule has 1 amide bonds. The maximum Gasteiger partial charge on any atom is 0.341 e. The van der Waals surface area contributed by atoms with Crippen molar-refractivity contribution in [3.63, 3.8) is 0 Å². The van der Waals surface area contributed by atoms with Crippen molar-refractivity contribution in [3.05, 3.63) is 40.3 Å². The number of aromatic amines is 1. The van der Waals surface area contributed by atoms with Crippen LogP contribution in [0.25, 0.3) is 11.0 Å². The summed E-state index contributed by atoms with van der Waals surface area (Å²) in [6, 6.07) is 7.77. The first-order chi connectivity index (χ1) is 14.5. The molecule has 6 nitrogen and oxygen atoms in total. The number of hydrogen-bond acceptors (Lipinski definition) is 6. The van der Waals surface area contributed by atoms with Crippen LogP contribution < -0.4 is 5.32 Å². The molecule has 1 aliphatic rings. The fraction of sp³-hybridized carbons (Fsp3) is 0.409. The van der Waals surface area contributed by atoms with Gasteiger partial charge in [-0.3, -0.25) is 4.79 Å². The van der Waals surface area contributed by atoms with Crippen LogP contribution in [-0.4, -0.2) is 33.7 Å². The number of nitrogens with zero attached hydrogens (tertiary/aromatic N) is 1. The molecule has 8 heteroatoms. The fourth-order valence-corrected chi connectivity index (χ4v) is 5.90. The highest BCUT2D eigenvalue weighted by Gasteiger charge is 2.30. The Kier molecular flexibility index (Phi) is 6.15. The van der Waals surface area contributed by atoms with E-state index >= 15 is 0 Å². The van der Waals surface area contributed by atoms with Crippen molar-refractivity contribution in [2.24, 2.45) is 5.92 Å². The lowest BCUT2D eigenvalue weighted by Gasteiger charge is -2.18. The van der Waals surface area contributed by atoms with Crippen LogP contribution in [0, 0.1) is 5.92 Å². The number of imidazole rings is 1. The lowest BCUT2D eigenvalue weighted by Crippen LogP contribution is -2.23. The first-order valence-electron chi connectivity index (χ1n) is 10.2. The Labute approximate surface area is 183 Å². The first kappa shape index (κ1) is 20.9. The summed E-state index contributed by atoms with van der Waals surface area (Å²) in [6.45, 7) is 6.17. The highest BCUT2D eigenvalue weighted by atomic mass is 32.2. The van der Waals surface area contributed by atoms with E-state index in [4.69, 9.17) is 4.74 Å². The quantitative estimate of drug-likeness (QED) is 0.412. The number of esters is 1. The summed E-state index contributed by atoms with van der Waals surface area (Å²) in [5.41, 5.74) is 3.40. The third-order valence-corrected chi connectivity index (χ3v) is 7.41. The molecule has 2 aromatic heterocycles. The summed E-state index contributed by atoms with van der Waals surface area (Å²) in [6.07, 6.45) is 2.83. The van der Waals surface area contributed by atoms with Crippen LogP contribution >= 0.6 is 23.1 Å². The Morgan fingerprint density at radius 3 is 2.97 bits per heavy atom. The molecular formula is C22H25N3O3S2. The minimum absolute atomic E-state index is 0.155. The molecule has 0 radical (unpaired) electrons. The SMILES string of the molecule is CCOC(=O)c1c(NC(=O)C(C)Sc2nc3ccccc3[nH]2)sc2c1CCC(C)C2. The number of carbonyl (C=O) groups excluding carboxylic acids is 2. The van der Waals surface area contributed by atoms with Crippen LogP contribution in [0.15, 0.2) is 29.4 Å². The Hall–Kier alpha value is -2.32. The minimum Gasteiger partial charge on any atom is -0.462 e. The van der Waals surface area contributed by atoms with Gasteiger partial charge in [0, 0.05) is 4.88 Å². The first-order valence-corrected chi connectivity index (χ1v) is 11.9. The summed E-state index contributed by atoms with van der Waals surface area (Å²) in [4.78, 5) is 34.5. The Balaban J connectivity index is 1.53. The molecule has 2 atom stereocenters. The predicted octanol–water partition coefficient (Wildman–Crippen LogP) is 5.05. The molecule has 2 N–H and O–H groups in total. The fourth-order valence-electron chi connectivity index (χ4n) is 3.68. The van der Waals surface area contributed by atoms with E-state index < -0.39 is 0 Å². The van der Waals surface area contributed by atoms with Crippen LogP contribution in [0.4, 0.5) is 5.00 Å². The molecule has 4 rings (SSSR count). The van der Waals surface area contributed by atoms with Gasteiger partial charge in [0.25, 0.3) is 0 Å². The van der Waals surface area contributed by atoms with E-state index in [1.165, 1.54) is 28.0 Å². The topological polar surface area (TPSA) is 84.1 Å². The minimum atomic E-state index is -0.376. The van der Waals surface area contributed by atoms with Gasteiger partial charge < -0.3 is 15.0 Å². The van der Waals surface area contributed by atoms with Crippen LogP contribution in [-0.2, 0) is 22.4 Å². The number of anilines is 1. The maximum absolute atomic E-state index is 12.9. The zero-order chi connectivity index (χ0) is 21.3. The van der Waals surface area contributed by atoms with E-state index in [1.54, 1.807) is 6.92 Å². The van der Waals surface area contributed by atoms with E-state index in [0.29, 0.717) is 28.2 Å². The number of para-hydroxylation sites is 2. The van der Waals surface area contributed by atoms with Crippen molar-refractivity contribution in [2.75, 3.05) is 11.9 Å². The van der Waals surface area contributed by atoms with Crippen molar-refractivity contribution in [1.82, 2.24) is 9.97 Å². The molecule has 158 valence electrons. The molecule has 2 unspecified atom stereocenters. The molecule has 2 heterocycles. The number of rotatable bonds is 6. The van der Waals surface area contributed by atoms with Gasteiger partial charge in [-0.1, -0.05) is 30.8 Å². The molecule has 0 saturated heterocycles. The number of carbonyl (C=O) groups is 2. The third kappa shape index (κ3) is 4.25. The smallest absolute Gasteiger partial charge is 0.341 e. The lowest BCUT2D eigenvalue weighted by atomic mass is 9.88. The standard InChI is InChI=1S/C22H25N3O3S2/c1-4-28-21(27)18-14-10-9-12(2)11-17(14)30-20(18)25-19(26)13(3)29-22-23-15-7-5-6-8-16(15)24-22/h5-8,12-13H,4,9-11H2,1-3H3,(H,23,24)(H,25,26). The van der Waals surface area contributed by atoms with Gasteiger partial charge in [0.1, 0.15) is 5.00 Å². The zero-order valence-electron chi connectivity index (χ0n) is 17.3. The second-order valence-electron chi connectivity index (χ2n) is 7.58. The third-order valence-electron chi connectivity index (χ3n) is 5.25. The number of nitrogens with one attached hydrogen (secondary N) is 2. The Morgan fingerprint density at radius 2 is 2.20 bits per heavy atom. The summed E-state index contributed by atoms with van der Waals surface area (Å²) in [5.74, 6) is 0.0763. The number of benzene rings is 1. The second kappa shape index (κ2) is 8.81. The van der Waals surface area contributed by atoms with Gasteiger partial charge in [-0.15, -0.1) is 11.3 Å². The molecule has 0 spiro atoms. The maximum atomic E-state index is 12.9. The molecule has 0 fully saturated rings. The van der Waals surface area contributed by atoms with Gasteiger partial charge in [0.05, 0.1) is 28.5 Å². The van der Waals surface area contributed by atoms with Gasteiger partial charge in [0.2, 0.25) is 5.91 Å². The number of aromatic nitrogens is 2. The van der Waals surface area contributed by atoms with E-state index in [-0.39, 0.29) is 17.1 Å². The number of hydrogen-bond donors (Lipinski definition) is 2. The average Bonchev–Trinajstić information content (AvgIpc) is 3.27. The number of thioether (sulfide) groups is 1. The molecule has 0 bridgehead atoms. The van der Waals surface area contributed by atoms with Crippen LogP contribution in [0.2, 0.25) is 0 Å². The Morgan fingerprint density at radius 1 is 1.40 bits per heavy atom. The number of H-pyrrole nitrogens is 1. The number of ether oxygens (including phenoxy) is 1.